The molecule has 3 nitrogen and oxygen atoms in total. The minimum Gasteiger partial charge on any atom is -0.340 e. The van der Waals surface area contributed by atoms with Crippen molar-refractivity contribution < 1.29 is 4.79 Å². The number of halogens is 2. The van der Waals surface area contributed by atoms with Gasteiger partial charge in [0.2, 0.25) is 5.91 Å². The Morgan fingerprint density at radius 2 is 2.24 bits per heavy atom. The number of likely N-dealkylation sites (N-methyl/N-ethyl adjacent to an activating group) is 1. The molecule has 1 amide bonds. The number of rotatable bonds is 3. The van der Waals surface area contributed by atoms with Gasteiger partial charge in [-0.1, -0.05) is 23.7 Å². The minimum atomic E-state index is 0. The van der Waals surface area contributed by atoms with Crippen molar-refractivity contribution in [1.29, 1.82) is 0 Å². The maximum atomic E-state index is 11.9. The Morgan fingerprint density at radius 3 is 2.76 bits per heavy atom. The van der Waals surface area contributed by atoms with Gasteiger partial charge in [0.25, 0.3) is 0 Å². The predicted molar refractivity (Wildman–Crippen MR) is 71.8 cm³/mol. The molecule has 17 heavy (non-hydrogen) atoms. The number of nitrogens with one attached hydrogen (secondary N) is 1. The molecule has 1 N–H and O–H groups in total. The summed E-state index contributed by atoms with van der Waals surface area (Å²) in [6.07, 6.45) is 0.424. The van der Waals surface area contributed by atoms with E-state index in [0.717, 1.165) is 18.7 Å². The molecule has 1 fully saturated rings. The number of hydrogen-bond acceptors (Lipinski definition) is 2. The number of carbonyl (C=O) groups is 1. The first-order chi connectivity index (χ1) is 7.66. The van der Waals surface area contributed by atoms with E-state index in [9.17, 15) is 4.79 Å². The number of benzene rings is 1. The highest BCUT2D eigenvalue weighted by molar-refractivity contribution is 6.30. The Hall–Kier alpha value is -0.770. The van der Waals surface area contributed by atoms with Gasteiger partial charge in [0, 0.05) is 25.2 Å². The molecule has 94 valence electrons. The third-order valence-electron chi connectivity index (χ3n) is 2.95. The molecular weight excluding hydrogens is 259 g/mol. The third-order valence-corrected chi connectivity index (χ3v) is 3.18. The molecule has 1 aromatic carbocycles. The Kier molecular flexibility index (Phi) is 5.25. The average molecular weight is 275 g/mol. The summed E-state index contributed by atoms with van der Waals surface area (Å²) in [5.74, 6) is 0.147. The van der Waals surface area contributed by atoms with E-state index in [0.29, 0.717) is 17.5 Å². The van der Waals surface area contributed by atoms with Crippen molar-refractivity contribution in [3.8, 4) is 0 Å². The lowest BCUT2D eigenvalue weighted by Gasteiger charge is -2.35. The Morgan fingerprint density at radius 1 is 1.53 bits per heavy atom. The molecule has 0 saturated carbocycles. The van der Waals surface area contributed by atoms with Gasteiger partial charge in [-0.3, -0.25) is 4.79 Å². The normalized spacial score (nSPS) is 14.7. The highest BCUT2D eigenvalue weighted by Gasteiger charge is 2.24. The molecular formula is C12H16Cl2N2O. The van der Waals surface area contributed by atoms with Gasteiger partial charge in [-0.05, 0) is 17.7 Å². The van der Waals surface area contributed by atoms with Crippen LogP contribution in [0.2, 0.25) is 5.02 Å². The van der Waals surface area contributed by atoms with Gasteiger partial charge in [-0.2, -0.15) is 0 Å². The summed E-state index contributed by atoms with van der Waals surface area (Å²) in [5.41, 5.74) is 0.969. The third kappa shape index (κ3) is 3.60. The largest absolute Gasteiger partial charge is 0.340 e. The van der Waals surface area contributed by atoms with Crippen molar-refractivity contribution >= 4 is 29.9 Å². The van der Waals surface area contributed by atoms with Crippen molar-refractivity contribution in [2.75, 3.05) is 20.1 Å². The average Bonchev–Trinajstić information content (AvgIpc) is 2.14. The quantitative estimate of drug-likeness (QED) is 0.911. The fraction of sp³-hybridized carbons (Fsp3) is 0.417. The molecule has 2 rings (SSSR count). The zero-order chi connectivity index (χ0) is 11.5. The van der Waals surface area contributed by atoms with Crippen molar-refractivity contribution in [3.63, 3.8) is 0 Å². The molecule has 0 atom stereocenters. The standard InChI is InChI=1S/C12H15ClN2O.ClH/c1-15(11-7-14-8-11)12(16)6-9-3-2-4-10(13)5-9;/h2-5,11,14H,6-8H2,1H3;1H. The van der Waals surface area contributed by atoms with Crippen molar-refractivity contribution in [1.82, 2.24) is 10.2 Å². The van der Waals surface area contributed by atoms with Crippen molar-refractivity contribution in [2.24, 2.45) is 0 Å². The number of hydrogen-bond donors (Lipinski definition) is 1. The zero-order valence-corrected chi connectivity index (χ0v) is 11.2. The van der Waals surface area contributed by atoms with Crippen LogP contribution in [0.25, 0.3) is 0 Å². The minimum absolute atomic E-state index is 0. The second kappa shape index (κ2) is 6.24. The van der Waals surface area contributed by atoms with E-state index in [4.69, 9.17) is 11.6 Å². The van der Waals surface area contributed by atoms with E-state index >= 15 is 0 Å². The van der Waals surface area contributed by atoms with E-state index in [1.807, 2.05) is 36.2 Å². The highest BCUT2D eigenvalue weighted by atomic mass is 35.5. The number of nitrogens with zero attached hydrogens (tertiary/aromatic N) is 1. The van der Waals surface area contributed by atoms with Crippen LogP contribution >= 0.6 is 24.0 Å². The van der Waals surface area contributed by atoms with Crippen LogP contribution < -0.4 is 5.32 Å². The summed E-state index contributed by atoms with van der Waals surface area (Å²) in [7, 11) is 1.86. The first-order valence-corrected chi connectivity index (χ1v) is 5.75. The van der Waals surface area contributed by atoms with Crippen LogP contribution in [0.5, 0.6) is 0 Å². The fourth-order valence-corrected chi connectivity index (χ4v) is 1.91. The first kappa shape index (κ1) is 14.3. The van der Waals surface area contributed by atoms with Crippen LogP contribution in [-0.4, -0.2) is 37.0 Å². The highest BCUT2D eigenvalue weighted by Crippen LogP contribution is 2.12. The Labute approximate surface area is 113 Å². The van der Waals surface area contributed by atoms with Gasteiger partial charge in [-0.15, -0.1) is 12.4 Å². The fourth-order valence-electron chi connectivity index (χ4n) is 1.70. The molecule has 1 heterocycles. The molecule has 1 saturated heterocycles. The molecule has 5 heteroatoms. The number of carbonyl (C=O) groups excluding carboxylic acids is 1. The van der Waals surface area contributed by atoms with Gasteiger partial charge in [0.15, 0.2) is 0 Å². The molecule has 0 aliphatic carbocycles. The lowest BCUT2D eigenvalue weighted by atomic mass is 10.1. The summed E-state index contributed by atoms with van der Waals surface area (Å²) < 4.78 is 0. The Bertz CT molecular complexity index is 394. The van der Waals surface area contributed by atoms with E-state index in [1.165, 1.54) is 0 Å². The van der Waals surface area contributed by atoms with E-state index < -0.39 is 0 Å². The van der Waals surface area contributed by atoms with E-state index in [2.05, 4.69) is 5.32 Å². The summed E-state index contributed by atoms with van der Waals surface area (Å²) in [6, 6.07) is 7.81. The zero-order valence-electron chi connectivity index (χ0n) is 9.65. The van der Waals surface area contributed by atoms with Crippen molar-refractivity contribution in [3.05, 3.63) is 34.9 Å². The van der Waals surface area contributed by atoms with E-state index in [1.54, 1.807) is 0 Å². The van der Waals surface area contributed by atoms with Gasteiger partial charge >= 0.3 is 0 Å². The number of amides is 1. The Balaban J connectivity index is 0.00000144. The first-order valence-electron chi connectivity index (χ1n) is 5.37. The molecule has 1 aliphatic rings. The molecule has 0 aromatic heterocycles. The summed E-state index contributed by atoms with van der Waals surface area (Å²) in [6.45, 7) is 1.80. The van der Waals surface area contributed by atoms with Gasteiger partial charge in [-0.25, -0.2) is 0 Å². The molecule has 0 spiro atoms. The van der Waals surface area contributed by atoms with Crippen LogP contribution in [0.1, 0.15) is 5.56 Å². The molecule has 0 unspecified atom stereocenters. The second-order valence-electron chi connectivity index (χ2n) is 4.12. The van der Waals surface area contributed by atoms with Gasteiger partial charge in [0.05, 0.1) is 12.5 Å². The topological polar surface area (TPSA) is 32.3 Å². The van der Waals surface area contributed by atoms with Crippen LogP contribution in [0, 0.1) is 0 Å². The smallest absolute Gasteiger partial charge is 0.227 e. The predicted octanol–water partition coefficient (Wildman–Crippen LogP) is 1.73. The lowest BCUT2D eigenvalue weighted by Crippen LogP contribution is -2.57. The summed E-state index contributed by atoms with van der Waals surface area (Å²) in [4.78, 5) is 13.7. The van der Waals surface area contributed by atoms with Crippen LogP contribution in [0.3, 0.4) is 0 Å². The summed E-state index contributed by atoms with van der Waals surface area (Å²) in [5, 5.41) is 3.83. The summed E-state index contributed by atoms with van der Waals surface area (Å²) >= 11 is 5.87. The van der Waals surface area contributed by atoms with Crippen LogP contribution in [0.4, 0.5) is 0 Å². The maximum absolute atomic E-state index is 11.9. The monoisotopic (exact) mass is 274 g/mol. The maximum Gasteiger partial charge on any atom is 0.227 e. The van der Waals surface area contributed by atoms with E-state index in [-0.39, 0.29) is 18.3 Å². The van der Waals surface area contributed by atoms with Crippen LogP contribution in [0.15, 0.2) is 24.3 Å². The molecule has 1 aromatic rings. The molecule has 1 aliphatic heterocycles. The lowest BCUT2D eigenvalue weighted by molar-refractivity contribution is -0.132. The van der Waals surface area contributed by atoms with Gasteiger partial charge in [0.1, 0.15) is 0 Å². The van der Waals surface area contributed by atoms with Gasteiger partial charge < -0.3 is 10.2 Å². The van der Waals surface area contributed by atoms with Crippen LogP contribution in [-0.2, 0) is 11.2 Å². The second-order valence-corrected chi connectivity index (χ2v) is 4.56. The SMILES string of the molecule is CN(C(=O)Cc1cccc(Cl)c1)C1CNC1.Cl. The molecule has 0 bridgehead atoms. The molecule has 0 radical (unpaired) electrons. The van der Waals surface area contributed by atoms with Crippen molar-refractivity contribution in [2.45, 2.75) is 12.5 Å².